The second-order valence-corrected chi connectivity index (χ2v) is 9.51. The average molecular weight is 507 g/mol. The van der Waals surface area contributed by atoms with Gasteiger partial charge in [-0.1, -0.05) is 47.6 Å². The van der Waals surface area contributed by atoms with Gasteiger partial charge in [-0.25, -0.2) is 9.63 Å². The first-order chi connectivity index (χ1) is 17.7. The van der Waals surface area contributed by atoms with Crippen molar-refractivity contribution in [3.8, 4) is 17.1 Å². The van der Waals surface area contributed by atoms with Crippen LogP contribution in [0, 0.1) is 13.8 Å². The highest BCUT2D eigenvalue weighted by atomic mass is 16.7. The van der Waals surface area contributed by atoms with Gasteiger partial charge in [0.2, 0.25) is 0 Å². The van der Waals surface area contributed by atoms with Gasteiger partial charge in [0.05, 0.1) is 18.5 Å². The van der Waals surface area contributed by atoms with Gasteiger partial charge in [0, 0.05) is 24.7 Å². The first-order valence-electron chi connectivity index (χ1n) is 12.4. The molecule has 3 aromatic rings. The standard InChI is InChI=1S/C28H34N4O5/c1-6-34-27(33)28(4,5)36-26-20(2)14-22(15-21(26)3)17-31(19-32-29-12-13-35-32)18-24-16-25(37-30-24)23-10-8-7-9-11-23/h7-12,14-16H,6,13,17-19H2,1-5H3. The lowest BCUT2D eigenvalue weighted by Crippen LogP contribution is -2.40. The van der Waals surface area contributed by atoms with Gasteiger partial charge in [-0.05, 0) is 51.3 Å². The van der Waals surface area contributed by atoms with E-state index < -0.39 is 11.6 Å². The molecule has 0 bridgehead atoms. The molecule has 2 aromatic carbocycles. The van der Waals surface area contributed by atoms with E-state index in [1.807, 2.05) is 50.2 Å². The zero-order valence-electron chi connectivity index (χ0n) is 22.1. The molecule has 9 heteroatoms. The van der Waals surface area contributed by atoms with Crippen molar-refractivity contribution in [1.29, 1.82) is 0 Å². The maximum Gasteiger partial charge on any atom is 0.349 e. The van der Waals surface area contributed by atoms with Gasteiger partial charge in [-0.2, -0.15) is 10.3 Å². The van der Waals surface area contributed by atoms with Crippen molar-refractivity contribution >= 4 is 12.2 Å². The molecule has 0 unspecified atom stereocenters. The summed E-state index contributed by atoms with van der Waals surface area (Å²) in [6, 6.07) is 16.0. The molecule has 0 radical (unpaired) electrons. The Balaban J connectivity index is 1.52. The summed E-state index contributed by atoms with van der Waals surface area (Å²) in [4.78, 5) is 20.1. The first-order valence-corrected chi connectivity index (χ1v) is 12.4. The molecule has 0 N–H and O–H groups in total. The fourth-order valence-electron chi connectivity index (χ4n) is 4.19. The van der Waals surface area contributed by atoms with Gasteiger partial charge in [-0.15, -0.1) is 0 Å². The molecule has 0 amide bonds. The molecule has 9 nitrogen and oxygen atoms in total. The molecular formula is C28H34N4O5. The predicted molar refractivity (Wildman–Crippen MR) is 140 cm³/mol. The quantitative estimate of drug-likeness (QED) is 0.340. The average Bonchev–Trinajstić information content (AvgIpc) is 3.55. The van der Waals surface area contributed by atoms with Crippen molar-refractivity contribution in [1.82, 2.24) is 15.2 Å². The number of benzene rings is 2. The van der Waals surface area contributed by atoms with Gasteiger partial charge >= 0.3 is 5.97 Å². The minimum atomic E-state index is -1.09. The Morgan fingerprint density at radius 2 is 1.84 bits per heavy atom. The molecule has 0 spiro atoms. The minimum absolute atomic E-state index is 0.307. The maximum atomic E-state index is 12.3. The summed E-state index contributed by atoms with van der Waals surface area (Å²) in [6.07, 6.45) is 1.73. The van der Waals surface area contributed by atoms with Crippen LogP contribution >= 0.6 is 0 Å². The lowest BCUT2D eigenvalue weighted by molar-refractivity contribution is -0.158. The van der Waals surface area contributed by atoms with Crippen LogP contribution < -0.4 is 4.74 Å². The van der Waals surface area contributed by atoms with Crippen molar-refractivity contribution in [3.63, 3.8) is 0 Å². The normalized spacial score (nSPS) is 13.4. The van der Waals surface area contributed by atoms with Crippen LogP contribution in [0.5, 0.6) is 5.75 Å². The molecule has 1 aromatic heterocycles. The number of hydroxylamine groups is 1. The third-order valence-corrected chi connectivity index (χ3v) is 5.88. The summed E-state index contributed by atoms with van der Waals surface area (Å²) in [5.74, 6) is 1.02. The Morgan fingerprint density at radius 1 is 1.11 bits per heavy atom. The van der Waals surface area contributed by atoms with Crippen LogP contribution in [0.4, 0.5) is 0 Å². The SMILES string of the molecule is CCOC(=O)C(C)(C)Oc1c(C)cc(CN(Cc2cc(-c3ccccc3)on2)CN2N=CCO2)cc1C. The van der Waals surface area contributed by atoms with E-state index in [2.05, 4.69) is 27.3 Å². The Morgan fingerprint density at radius 3 is 2.49 bits per heavy atom. The number of esters is 1. The number of aromatic nitrogens is 1. The molecular weight excluding hydrogens is 472 g/mol. The van der Waals surface area contributed by atoms with Gasteiger partial charge in [-0.3, -0.25) is 4.90 Å². The van der Waals surface area contributed by atoms with E-state index in [1.54, 1.807) is 32.2 Å². The number of hydrazone groups is 1. The first kappa shape index (κ1) is 26.4. The third-order valence-electron chi connectivity index (χ3n) is 5.88. The molecule has 2 heterocycles. The van der Waals surface area contributed by atoms with E-state index in [0.717, 1.165) is 33.7 Å². The molecule has 196 valence electrons. The second-order valence-electron chi connectivity index (χ2n) is 9.51. The van der Waals surface area contributed by atoms with Crippen LogP contribution in [-0.2, 0) is 27.5 Å². The highest BCUT2D eigenvalue weighted by molar-refractivity contribution is 5.79. The lowest BCUT2D eigenvalue weighted by atomic mass is 10.0. The molecule has 1 aliphatic rings. The third kappa shape index (κ3) is 6.75. The van der Waals surface area contributed by atoms with Crippen molar-refractivity contribution in [3.05, 3.63) is 70.9 Å². The second kappa shape index (κ2) is 11.6. The predicted octanol–water partition coefficient (Wildman–Crippen LogP) is 4.87. The number of carbonyl (C=O) groups is 1. The summed E-state index contributed by atoms with van der Waals surface area (Å²) < 4.78 is 16.9. The number of ether oxygens (including phenoxy) is 2. The zero-order chi connectivity index (χ0) is 26.4. The Bertz CT molecular complexity index is 1220. The fraction of sp³-hybridized carbons (Fsp3) is 0.393. The fourth-order valence-corrected chi connectivity index (χ4v) is 4.19. The molecule has 0 aliphatic carbocycles. The van der Waals surface area contributed by atoms with Crippen molar-refractivity contribution < 1.29 is 23.6 Å². The molecule has 0 atom stereocenters. The number of aryl methyl sites for hydroxylation is 2. The topological polar surface area (TPSA) is 89.6 Å². The van der Waals surface area contributed by atoms with E-state index in [0.29, 0.717) is 38.7 Å². The van der Waals surface area contributed by atoms with E-state index in [4.69, 9.17) is 18.8 Å². The molecule has 1 aliphatic heterocycles. The van der Waals surface area contributed by atoms with Crippen LogP contribution in [0.2, 0.25) is 0 Å². The summed E-state index contributed by atoms with van der Waals surface area (Å²) in [7, 11) is 0. The Hall–Kier alpha value is -3.69. The van der Waals surface area contributed by atoms with Gasteiger partial charge in [0.1, 0.15) is 19.0 Å². The molecule has 37 heavy (non-hydrogen) atoms. The van der Waals surface area contributed by atoms with Crippen molar-refractivity contribution in [2.75, 3.05) is 19.9 Å². The minimum Gasteiger partial charge on any atom is -0.476 e. The summed E-state index contributed by atoms with van der Waals surface area (Å²) >= 11 is 0. The summed E-state index contributed by atoms with van der Waals surface area (Å²) in [6.45, 7) is 11.6. The van der Waals surface area contributed by atoms with Crippen molar-refractivity contribution in [2.45, 2.75) is 53.3 Å². The van der Waals surface area contributed by atoms with Crippen LogP contribution in [0.1, 0.15) is 43.2 Å². The number of hydrogen-bond donors (Lipinski definition) is 0. The largest absolute Gasteiger partial charge is 0.476 e. The lowest BCUT2D eigenvalue weighted by Gasteiger charge is -2.28. The number of nitrogens with zero attached hydrogens (tertiary/aromatic N) is 4. The van der Waals surface area contributed by atoms with Gasteiger partial charge in [0.15, 0.2) is 11.4 Å². The molecule has 0 saturated carbocycles. The van der Waals surface area contributed by atoms with Gasteiger partial charge in [0.25, 0.3) is 0 Å². The van der Waals surface area contributed by atoms with E-state index in [-0.39, 0.29) is 0 Å². The highest BCUT2D eigenvalue weighted by Crippen LogP contribution is 2.30. The van der Waals surface area contributed by atoms with E-state index in [1.165, 1.54) is 0 Å². The van der Waals surface area contributed by atoms with Crippen LogP contribution in [-0.4, -0.2) is 52.9 Å². The van der Waals surface area contributed by atoms with Gasteiger partial charge < -0.3 is 14.0 Å². The van der Waals surface area contributed by atoms with Crippen molar-refractivity contribution in [2.24, 2.45) is 5.10 Å². The smallest absolute Gasteiger partial charge is 0.349 e. The number of carbonyl (C=O) groups excluding carboxylic acids is 1. The van der Waals surface area contributed by atoms with E-state index >= 15 is 0 Å². The monoisotopic (exact) mass is 506 g/mol. The zero-order valence-corrected chi connectivity index (χ0v) is 22.1. The maximum absolute atomic E-state index is 12.3. The molecule has 0 fully saturated rings. The van der Waals surface area contributed by atoms with Crippen LogP contribution in [0.3, 0.4) is 0 Å². The van der Waals surface area contributed by atoms with Crippen LogP contribution in [0.25, 0.3) is 11.3 Å². The molecule has 4 rings (SSSR count). The summed E-state index contributed by atoms with van der Waals surface area (Å²) in [5, 5.41) is 10.1. The van der Waals surface area contributed by atoms with E-state index in [9.17, 15) is 4.79 Å². The number of rotatable bonds is 11. The highest BCUT2D eigenvalue weighted by Gasteiger charge is 2.32. The number of hydrogen-bond acceptors (Lipinski definition) is 9. The van der Waals surface area contributed by atoms with Crippen LogP contribution in [0.15, 0.2) is 58.2 Å². The Kier molecular flexibility index (Phi) is 8.25. The molecule has 0 saturated heterocycles. The Labute approximate surface area is 217 Å². The summed E-state index contributed by atoms with van der Waals surface area (Å²) in [5.41, 5.74) is 3.67.